The molecule has 0 spiro atoms. The lowest BCUT2D eigenvalue weighted by Crippen LogP contribution is -2.55. The molecule has 39 heavy (non-hydrogen) atoms. The van der Waals surface area contributed by atoms with Crippen LogP contribution < -0.4 is 9.62 Å². The topological polar surface area (TPSA) is 86.8 Å². The van der Waals surface area contributed by atoms with Gasteiger partial charge in [-0.25, -0.2) is 12.8 Å². The molecule has 0 aliphatic carbocycles. The van der Waals surface area contributed by atoms with E-state index in [1.807, 2.05) is 52.0 Å². The molecule has 0 saturated heterocycles. The molecule has 2 amide bonds. The van der Waals surface area contributed by atoms with Crippen LogP contribution in [-0.2, 0) is 26.2 Å². The zero-order valence-corrected chi connectivity index (χ0v) is 23.8. The molecule has 3 aromatic rings. The zero-order chi connectivity index (χ0) is 28.8. The number of amides is 2. The first-order valence-electron chi connectivity index (χ1n) is 12.8. The predicted octanol–water partition coefficient (Wildman–Crippen LogP) is 5.05. The molecule has 0 saturated carbocycles. The third kappa shape index (κ3) is 7.66. The van der Waals surface area contributed by atoms with E-state index in [1.54, 1.807) is 25.1 Å². The fourth-order valence-electron chi connectivity index (χ4n) is 4.15. The van der Waals surface area contributed by atoms with Gasteiger partial charge in [0.2, 0.25) is 11.8 Å². The molecule has 3 rings (SSSR count). The highest BCUT2D eigenvalue weighted by Gasteiger charge is 2.35. The molecule has 7 nitrogen and oxygen atoms in total. The number of nitrogens with zero attached hydrogens (tertiary/aromatic N) is 2. The summed E-state index contributed by atoms with van der Waals surface area (Å²) in [4.78, 5) is 28.6. The molecular formula is C30H36FN3O4S. The summed E-state index contributed by atoms with van der Waals surface area (Å²) in [6, 6.07) is 19.6. The number of benzene rings is 3. The minimum Gasteiger partial charge on any atom is -0.350 e. The van der Waals surface area contributed by atoms with E-state index in [1.165, 1.54) is 35.2 Å². The average molecular weight is 554 g/mol. The van der Waals surface area contributed by atoms with E-state index >= 15 is 0 Å². The molecule has 9 heteroatoms. The summed E-state index contributed by atoms with van der Waals surface area (Å²) < 4.78 is 43.2. The number of carbonyl (C=O) groups excluding carboxylic acids is 2. The fraction of sp³-hybridized carbons (Fsp3) is 0.333. The Balaban J connectivity index is 2.07. The van der Waals surface area contributed by atoms with Gasteiger partial charge < -0.3 is 10.2 Å². The van der Waals surface area contributed by atoms with Gasteiger partial charge in [-0.15, -0.1) is 0 Å². The largest absolute Gasteiger partial charge is 0.350 e. The highest BCUT2D eigenvalue weighted by molar-refractivity contribution is 7.92. The third-order valence-electron chi connectivity index (χ3n) is 6.09. The first-order chi connectivity index (χ1) is 18.3. The van der Waals surface area contributed by atoms with Crippen molar-refractivity contribution in [3.63, 3.8) is 0 Å². The van der Waals surface area contributed by atoms with Gasteiger partial charge in [-0.2, -0.15) is 0 Å². The summed E-state index contributed by atoms with van der Waals surface area (Å²) >= 11 is 0. The zero-order valence-electron chi connectivity index (χ0n) is 23.0. The molecule has 208 valence electrons. The van der Waals surface area contributed by atoms with E-state index in [0.29, 0.717) is 6.42 Å². The van der Waals surface area contributed by atoms with Crippen molar-refractivity contribution >= 4 is 27.5 Å². The van der Waals surface area contributed by atoms with Gasteiger partial charge in [0, 0.05) is 12.1 Å². The molecule has 0 radical (unpaired) electrons. The van der Waals surface area contributed by atoms with Crippen LogP contribution in [0.1, 0.15) is 45.2 Å². The minimum atomic E-state index is -4.32. The summed E-state index contributed by atoms with van der Waals surface area (Å²) in [5, 5.41) is 2.93. The van der Waals surface area contributed by atoms with Crippen LogP contribution in [0.25, 0.3) is 0 Å². The van der Waals surface area contributed by atoms with E-state index in [4.69, 9.17) is 0 Å². The van der Waals surface area contributed by atoms with Crippen LogP contribution in [-0.4, -0.2) is 43.3 Å². The van der Waals surface area contributed by atoms with Crippen molar-refractivity contribution in [1.29, 1.82) is 0 Å². The normalized spacial score (nSPS) is 12.5. The standard InChI is InChI=1S/C30H36FN3O4S/c1-6-26(29(36)32-30(3,4)5)33(20-23-18-16-22(2)17-19-23)28(35)21-34(27-15-11-10-14-25(27)31)39(37,38)24-12-8-7-9-13-24/h7-19,26H,6,20-21H2,1-5H3,(H,32,36)/t26-/m0/s1. The number of nitrogens with one attached hydrogen (secondary N) is 1. The van der Waals surface area contributed by atoms with Gasteiger partial charge in [0.15, 0.2) is 0 Å². The first-order valence-corrected chi connectivity index (χ1v) is 14.3. The van der Waals surface area contributed by atoms with Crippen LogP contribution in [0, 0.1) is 12.7 Å². The number of hydrogen-bond acceptors (Lipinski definition) is 4. The van der Waals surface area contributed by atoms with Gasteiger partial charge >= 0.3 is 0 Å². The number of sulfonamides is 1. The van der Waals surface area contributed by atoms with E-state index in [2.05, 4.69) is 5.32 Å². The van der Waals surface area contributed by atoms with Crippen molar-refractivity contribution in [1.82, 2.24) is 10.2 Å². The van der Waals surface area contributed by atoms with Gasteiger partial charge in [0.1, 0.15) is 18.4 Å². The van der Waals surface area contributed by atoms with Gasteiger partial charge in [-0.05, 0) is 63.9 Å². The summed E-state index contributed by atoms with van der Waals surface area (Å²) in [6.45, 7) is 8.65. The van der Waals surface area contributed by atoms with Gasteiger partial charge in [-0.1, -0.05) is 67.1 Å². The summed E-state index contributed by atoms with van der Waals surface area (Å²) in [6.07, 6.45) is 0.296. The lowest BCUT2D eigenvalue weighted by atomic mass is 10.1. The first kappa shape index (κ1) is 29.8. The Morgan fingerprint density at radius 3 is 2.08 bits per heavy atom. The van der Waals surface area contributed by atoms with Crippen molar-refractivity contribution in [2.75, 3.05) is 10.8 Å². The summed E-state index contributed by atoms with van der Waals surface area (Å²) in [5.41, 5.74) is 1.02. The smallest absolute Gasteiger partial charge is 0.264 e. The second-order valence-electron chi connectivity index (χ2n) is 10.4. The molecule has 1 atom stereocenters. The molecule has 0 fully saturated rings. The van der Waals surface area contributed by atoms with Crippen LogP contribution in [0.2, 0.25) is 0 Å². The molecule has 0 aliphatic heterocycles. The van der Waals surface area contributed by atoms with E-state index in [9.17, 15) is 22.4 Å². The van der Waals surface area contributed by atoms with Crippen LogP contribution in [0.3, 0.4) is 0 Å². The van der Waals surface area contributed by atoms with E-state index in [-0.39, 0.29) is 23.0 Å². The fourth-order valence-corrected chi connectivity index (χ4v) is 5.59. The average Bonchev–Trinajstić information content (AvgIpc) is 2.88. The van der Waals surface area contributed by atoms with Crippen molar-refractivity contribution in [2.45, 2.75) is 64.1 Å². The number of hydrogen-bond donors (Lipinski definition) is 1. The molecule has 1 N–H and O–H groups in total. The lowest BCUT2D eigenvalue weighted by molar-refractivity contribution is -0.141. The van der Waals surface area contributed by atoms with Crippen molar-refractivity contribution in [3.8, 4) is 0 Å². The monoisotopic (exact) mass is 553 g/mol. The van der Waals surface area contributed by atoms with Gasteiger partial charge in [-0.3, -0.25) is 13.9 Å². The molecule has 0 unspecified atom stereocenters. The molecule has 0 aromatic heterocycles. The molecule has 3 aromatic carbocycles. The Kier molecular flexibility index (Phi) is 9.50. The number of aryl methyl sites for hydroxylation is 1. The molecular weight excluding hydrogens is 517 g/mol. The predicted molar refractivity (Wildman–Crippen MR) is 151 cm³/mol. The Morgan fingerprint density at radius 2 is 1.51 bits per heavy atom. The molecule has 0 bridgehead atoms. The van der Waals surface area contributed by atoms with Crippen LogP contribution in [0.15, 0.2) is 83.8 Å². The summed E-state index contributed by atoms with van der Waals surface area (Å²) in [5.74, 6) is -1.77. The Labute approximate surface area is 230 Å². The molecule has 0 aliphatic rings. The Morgan fingerprint density at radius 1 is 0.923 bits per heavy atom. The third-order valence-corrected chi connectivity index (χ3v) is 7.86. The van der Waals surface area contributed by atoms with Crippen molar-refractivity contribution in [2.24, 2.45) is 0 Å². The quantitative estimate of drug-likeness (QED) is 0.381. The van der Waals surface area contributed by atoms with Gasteiger partial charge in [0.05, 0.1) is 10.6 Å². The maximum atomic E-state index is 15.0. The number of carbonyl (C=O) groups is 2. The van der Waals surface area contributed by atoms with E-state index in [0.717, 1.165) is 21.5 Å². The van der Waals surface area contributed by atoms with E-state index < -0.39 is 39.9 Å². The van der Waals surface area contributed by atoms with Crippen LogP contribution >= 0.6 is 0 Å². The summed E-state index contributed by atoms with van der Waals surface area (Å²) in [7, 11) is -4.32. The molecule has 0 heterocycles. The van der Waals surface area contributed by atoms with Crippen molar-refractivity contribution < 1.29 is 22.4 Å². The van der Waals surface area contributed by atoms with Crippen LogP contribution in [0.5, 0.6) is 0 Å². The maximum absolute atomic E-state index is 15.0. The van der Waals surface area contributed by atoms with Crippen molar-refractivity contribution in [3.05, 3.63) is 95.8 Å². The number of para-hydroxylation sites is 1. The Bertz CT molecular complexity index is 1390. The Hall–Kier alpha value is -3.72. The maximum Gasteiger partial charge on any atom is 0.264 e. The highest BCUT2D eigenvalue weighted by Crippen LogP contribution is 2.27. The number of rotatable bonds is 10. The van der Waals surface area contributed by atoms with Gasteiger partial charge in [0.25, 0.3) is 10.0 Å². The lowest BCUT2D eigenvalue weighted by Gasteiger charge is -2.34. The second kappa shape index (κ2) is 12.4. The SMILES string of the molecule is CC[C@@H](C(=O)NC(C)(C)C)N(Cc1ccc(C)cc1)C(=O)CN(c1ccccc1F)S(=O)(=O)c1ccccc1. The highest BCUT2D eigenvalue weighted by atomic mass is 32.2. The number of anilines is 1. The number of halogens is 1. The second-order valence-corrected chi connectivity index (χ2v) is 12.3. The van der Waals surface area contributed by atoms with Crippen LogP contribution in [0.4, 0.5) is 10.1 Å². The minimum absolute atomic E-state index is 0.0751.